The third-order valence-electron chi connectivity index (χ3n) is 2.92. The molecule has 0 spiro atoms. The van der Waals surface area contributed by atoms with Crippen molar-refractivity contribution in [2.75, 3.05) is 11.9 Å². The molecule has 0 unspecified atom stereocenters. The molecule has 3 rings (SSSR count). The van der Waals surface area contributed by atoms with E-state index >= 15 is 0 Å². The molecule has 0 saturated heterocycles. The van der Waals surface area contributed by atoms with Gasteiger partial charge in [0.05, 0.1) is 6.61 Å². The fourth-order valence-corrected chi connectivity index (χ4v) is 1.98. The molecule has 0 aliphatic heterocycles. The van der Waals surface area contributed by atoms with E-state index in [0.29, 0.717) is 24.6 Å². The summed E-state index contributed by atoms with van der Waals surface area (Å²) in [5.41, 5.74) is 8.15. The summed E-state index contributed by atoms with van der Waals surface area (Å²) in [6.07, 6.45) is 0. The van der Waals surface area contributed by atoms with Gasteiger partial charge in [-0.25, -0.2) is 0 Å². The van der Waals surface area contributed by atoms with Crippen LogP contribution in [-0.2, 0) is 6.54 Å². The second-order valence-corrected chi connectivity index (χ2v) is 4.33. The molecule has 3 aromatic rings. The molecule has 108 valence electrons. The molecule has 0 saturated carbocycles. The smallest absolute Gasteiger partial charge is 0.200 e. The van der Waals surface area contributed by atoms with Crippen LogP contribution in [0.15, 0.2) is 30.3 Å². The number of nitrogens with one attached hydrogen (secondary N) is 1. The van der Waals surface area contributed by atoms with Crippen molar-refractivity contribution in [3.05, 3.63) is 35.9 Å². The van der Waals surface area contributed by atoms with E-state index in [4.69, 9.17) is 10.5 Å². The van der Waals surface area contributed by atoms with Crippen LogP contribution in [0.1, 0.15) is 12.5 Å². The molecular formula is C13H15N7O. The van der Waals surface area contributed by atoms with Crippen molar-refractivity contribution >= 4 is 17.2 Å². The number of nitrogens with zero attached hydrogens (tertiary/aromatic N) is 5. The van der Waals surface area contributed by atoms with Crippen LogP contribution < -0.4 is 15.8 Å². The zero-order valence-electron chi connectivity index (χ0n) is 11.5. The Morgan fingerprint density at radius 1 is 1.29 bits per heavy atom. The van der Waals surface area contributed by atoms with Crippen molar-refractivity contribution in [1.29, 1.82) is 0 Å². The molecule has 0 aliphatic carbocycles. The van der Waals surface area contributed by atoms with E-state index in [1.54, 1.807) is 6.07 Å². The highest BCUT2D eigenvalue weighted by Gasteiger charge is 2.05. The first kappa shape index (κ1) is 13.3. The molecule has 0 aliphatic rings. The highest BCUT2D eigenvalue weighted by Crippen LogP contribution is 2.24. The van der Waals surface area contributed by atoms with Crippen molar-refractivity contribution < 1.29 is 4.74 Å². The van der Waals surface area contributed by atoms with Gasteiger partial charge in [-0.2, -0.15) is 0 Å². The summed E-state index contributed by atoms with van der Waals surface area (Å²) < 4.78 is 6.89. The molecule has 2 aromatic heterocycles. The Morgan fingerprint density at radius 3 is 3.00 bits per heavy atom. The van der Waals surface area contributed by atoms with Gasteiger partial charge in [0, 0.05) is 17.8 Å². The van der Waals surface area contributed by atoms with Crippen molar-refractivity contribution in [3.63, 3.8) is 0 Å². The number of fused-ring (bicyclic) bond motifs is 1. The fourth-order valence-electron chi connectivity index (χ4n) is 1.98. The Morgan fingerprint density at radius 2 is 2.19 bits per heavy atom. The van der Waals surface area contributed by atoms with Gasteiger partial charge in [-0.1, -0.05) is 0 Å². The van der Waals surface area contributed by atoms with Crippen molar-refractivity contribution in [2.45, 2.75) is 13.5 Å². The topological polar surface area (TPSA) is 103 Å². The molecule has 0 atom stereocenters. The molecule has 0 bridgehead atoms. The summed E-state index contributed by atoms with van der Waals surface area (Å²) in [5.74, 6) is 1.44. The minimum atomic E-state index is 0.407. The summed E-state index contributed by atoms with van der Waals surface area (Å²) in [6.45, 7) is 2.96. The van der Waals surface area contributed by atoms with Crippen molar-refractivity contribution in [1.82, 2.24) is 25.3 Å². The average Bonchev–Trinajstić information content (AvgIpc) is 2.96. The first-order valence-corrected chi connectivity index (χ1v) is 6.58. The predicted molar refractivity (Wildman–Crippen MR) is 77.4 cm³/mol. The molecule has 0 radical (unpaired) electrons. The maximum absolute atomic E-state index is 5.75. The molecule has 1 aromatic carbocycles. The maximum Gasteiger partial charge on any atom is 0.200 e. The quantitative estimate of drug-likeness (QED) is 0.724. The maximum atomic E-state index is 5.75. The number of benzene rings is 1. The van der Waals surface area contributed by atoms with Gasteiger partial charge in [0.15, 0.2) is 11.5 Å². The van der Waals surface area contributed by atoms with Crippen molar-refractivity contribution in [3.8, 4) is 5.75 Å². The molecule has 8 heteroatoms. The van der Waals surface area contributed by atoms with Crippen LogP contribution in [0.3, 0.4) is 0 Å². The van der Waals surface area contributed by atoms with E-state index in [1.807, 2.05) is 31.2 Å². The number of hydrogen-bond acceptors (Lipinski definition) is 7. The lowest BCUT2D eigenvalue weighted by Gasteiger charge is -2.11. The Hall–Kier alpha value is -2.74. The van der Waals surface area contributed by atoms with Crippen molar-refractivity contribution in [2.24, 2.45) is 5.73 Å². The normalized spacial score (nSPS) is 10.8. The predicted octanol–water partition coefficient (Wildman–Crippen LogP) is 1.12. The molecule has 0 fully saturated rings. The Balaban J connectivity index is 1.86. The molecule has 0 amide bonds. The Bertz CT molecular complexity index is 755. The van der Waals surface area contributed by atoms with E-state index in [-0.39, 0.29) is 0 Å². The van der Waals surface area contributed by atoms with Crippen LogP contribution in [-0.4, -0.2) is 31.9 Å². The highest BCUT2D eigenvalue weighted by molar-refractivity contribution is 5.59. The molecular weight excluding hydrogens is 270 g/mol. The Kier molecular flexibility index (Phi) is 3.61. The summed E-state index contributed by atoms with van der Waals surface area (Å²) in [7, 11) is 0. The average molecular weight is 285 g/mol. The van der Waals surface area contributed by atoms with E-state index in [1.165, 1.54) is 4.63 Å². The minimum absolute atomic E-state index is 0.407. The zero-order chi connectivity index (χ0) is 14.7. The number of aromatic nitrogens is 5. The molecule has 3 N–H and O–H groups in total. The van der Waals surface area contributed by atoms with E-state index in [0.717, 1.165) is 17.0 Å². The van der Waals surface area contributed by atoms with Gasteiger partial charge in [0.1, 0.15) is 5.75 Å². The van der Waals surface area contributed by atoms with Gasteiger partial charge in [-0.05, 0) is 47.7 Å². The third-order valence-corrected chi connectivity index (χ3v) is 2.92. The van der Waals surface area contributed by atoms with Crippen LogP contribution in [0.2, 0.25) is 0 Å². The third kappa shape index (κ3) is 2.75. The lowest BCUT2D eigenvalue weighted by atomic mass is 10.1. The number of rotatable bonds is 5. The SMILES string of the molecule is CCOc1ccc(Nc2ccc3nnnn3n2)cc1CN. The lowest BCUT2D eigenvalue weighted by Crippen LogP contribution is -2.04. The molecule has 2 heterocycles. The van der Waals surface area contributed by atoms with E-state index in [9.17, 15) is 0 Å². The van der Waals surface area contributed by atoms with Crippen LogP contribution in [0.5, 0.6) is 5.75 Å². The molecule has 8 nitrogen and oxygen atoms in total. The zero-order valence-corrected chi connectivity index (χ0v) is 11.5. The van der Waals surface area contributed by atoms with Gasteiger partial charge in [-0.3, -0.25) is 0 Å². The van der Waals surface area contributed by atoms with E-state index in [2.05, 4.69) is 25.9 Å². The standard InChI is InChI=1S/C13H15N7O/c1-2-21-11-4-3-10(7-9(11)8-14)15-12-5-6-13-16-18-19-20(13)17-12/h3-7H,2,8,14H2,1H3,(H,15,17). The van der Waals surface area contributed by atoms with Crippen LogP contribution in [0.4, 0.5) is 11.5 Å². The highest BCUT2D eigenvalue weighted by atomic mass is 16.5. The van der Waals surface area contributed by atoms with Gasteiger partial charge >= 0.3 is 0 Å². The van der Waals surface area contributed by atoms with Crippen LogP contribution in [0.25, 0.3) is 5.65 Å². The number of tetrazole rings is 1. The van der Waals surface area contributed by atoms with Crippen LogP contribution in [0, 0.1) is 0 Å². The summed E-state index contributed by atoms with van der Waals surface area (Å²) in [6, 6.07) is 9.34. The van der Waals surface area contributed by atoms with Gasteiger partial charge in [-0.15, -0.1) is 14.8 Å². The largest absolute Gasteiger partial charge is 0.494 e. The fraction of sp³-hybridized carbons (Fsp3) is 0.231. The summed E-state index contributed by atoms with van der Waals surface area (Å²) in [5, 5.41) is 18.6. The first-order valence-electron chi connectivity index (χ1n) is 6.58. The summed E-state index contributed by atoms with van der Waals surface area (Å²) in [4.78, 5) is 0. The van der Waals surface area contributed by atoms with Crippen LogP contribution >= 0.6 is 0 Å². The Labute approximate surface area is 120 Å². The lowest BCUT2D eigenvalue weighted by molar-refractivity contribution is 0.336. The van der Waals surface area contributed by atoms with Gasteiger partial charge in [0.2, 0.25) is 0 Å². The minimum Gasteiger partial charge on any atom is -0.494 e. The first-order chi connectivity index (χ1) is 10.3. The molecule has 21 heavy (non-hydrogen) atoms. The number of nitrogens with two attached hydrogens (primary N) is 1. The monoisotopic (exact) mass is 285 g/mol. The van der Waals surface area contributed by atoms with E-state index < -0.39 is 0 Å². The number of hydrogen-bond donors (Lipinski definition) is 2. The number of ether oxygens (including phenoxy) is 1. The number of anilines is 2. The second-order valence-electron chi connectivity index (χ2n) is 4.33. The summed E-state index contributed by atoms with van der Waals surface area (Å²) >= 11 is 0. The van der Waals surface area contributed by atoms with Gasteiger partial charge in [0.25, 0.3) is 0 Å². The second kappa shape index (κ2) is 5.71. The van der Waals surface area contributed by atoms with Gasteiger partial charge < -0.3 is 15.8 Å².